The normalized spacial score (nSPS) is 18.0. The van der Waals surface area contributed by atoms with Crippen LogP contribution in [0.5, 0.6) is 0 Å². The molecule has 0 spiro atoms. The molecule has 5 nitrogen and oxygen atoms in total. The van der Waals surface area contributed by atoms with Crippen LogP contribution in [0.4, 0.5) is 11.4 Å². The molecule has 10 heteroatoms. The number of hydrazine groups is 1. The van der Waals surface area contributed by atoms with Crippen molar-refractivity contribution in [3.63, 3.8) is 0 Å². The molecular formula is C25H20Cl5N3O2. The Balaban J connectivity index is 1.51. The molecular weight excluding hydrogens is 552 g/mol. The van der Waals surface area contributed by atoms with Gasteiger partial charge >= 0.3 is 0 Å². The van der Waals surface area contributed by atoms with Crippen molar-refractivity contribution in [3.8, 4) is 0 Å². The van der Waals surface area contributed by atoms with Crippen LogP contribution in [0, 0.1) is 5.92 Å². The molecule has 1 unspecified atom stereocenters. The van der Waals surface area contributed by atoms with E-state index in [1.807, 2.05) is 30.3 Å². The summed E-state index contributed by atoms with van der Waals surface area (Å²) >= 11 is 31.3. The standard InChI is InChI=1S/C25H20Cl5N3O2/c1-32(16-6-4-3-5-7-16)33(2)24(35)17-13-15(9-11-18(17)26)31-23(34)22-21(25(22,29)30)14-8-10-19(27)20(28)12-14/h3-13,21-22H,1-2H3,(H,31,34)/t21-,22?/m0/s1. The van der Waals surface area contributed by atoms with Crippen LogP contribution >= 0.6 is 58.0 Å². The van der Waals surface area contributed by atoms with E-state index in [2.05, 4.69) is 5.32 Å². The average molecular weight is 572 g/mol. The number of hydrogen-bond acceptors (Lipinski definition) is 3. The number of alkyl halides is 2. The van der Waals surface area contributed by atoms with Gasteiger partial charge in [-0.05, 0) is 48.0 Å². The lowest BCUT2D eigenvalue weighted by molar-refractivity contribution is -0.117. The van der Waals surface area contributed by atoms with E-state index < -0.39 is 16.2 Å². The van der Waals surface area contributed by atoms with E-state index >= 15 is 0 Å². The summed E-state index contributed by atoms with van der Waals surface area (Å²) in [7, 11) is 3.40. The second kappa shape index (κ2) is 10.1. The monoisotopic (exact) mass is 569 g/mol. The Kier molecular flexibility index (Phi) is 7.46. The molecule has 0 saturated heterocycles. The predicted molar refractivity (Wildman–Crippen MR) is 144 cm³/mol. The first kappa shape index (κ1) is 25.9. The number of nitrogens with zero attached hydrogens (tertiary/aromatic N) is 2. The Morgan fingerprint density at radius 2 is 1.51 bits per heavy atom. The lowest BCUT2D eigenvalue weighted by atomic mass is 10.1. The Labute approximate surface area is 228 Å². The lowest BCUT2D eigenvalue weighted by Gasteiger charge is -2.30. The van der Waals surface area contributed by atoms with Crippen molar-refractivity contribution in [2.24, 2.45) is 5.92 Å². The van der Waals surface area contributed by atoms with Crippen LogP contribution in [-0.4, -0.2) is 35.3 Å². The van der Waals surface area contributed by atoms with Crippen molar-refractivity contribution >= 4 is 81.2 Å². The van der Waals surface area contributed by atoms with Crippen LogP contribution < -0.4 is 10.3 Å². The molecule has 0 aromatic heterocycles. The average Bonchev–Trinajstić information content (AvgIpc) is 3.43. The molecule has 1 aliphatic carbocycles. The predicted octanol–water partition coefficient (Wildman–Crippen LogP) is 7.30. The van der Waals surface area contributed by atoms with Crippen molar-refractivity contribution in [3.05, 3.63) is 92.9 Å². The first-order valence-corrected chi connectivity index (χ1v) is 12.4. The van der Waals surface area contributed by atoms with Gasteiger partial charge in [0.05, 0.1) is 32.2 Å². The van der Waals surface area contributed by atoms with E-state index in [9.17, 15) is 9.59 Å². The first-order chi connectivity index (χ1) is 16.5. The molecule has 2 amide bonds. The number of para-hydroxylation sites is 1. The highest BCUT2D eigenvalue weighted by molar-refractivity contribution is 6.53. The molecule has 0 heterocycles. The van der Waals surface area contributed by atoms with E-state index in [0.29, 0.717) is 21.3 Å². The smallest absolute Gasteiger partial charge is 0.273 e. The van der Waals surface area contributed by atoms with Crippen LogP contribution in [-0.2, 0) is 4.79 Å². The third-order valence-electron chi connectivity index (χ3n) is 5.98. The maximum Gasteiger partial charge on any atom is 0.273 e. The SMILES string of the molecule is CN(C(=O)c1cc(NC(=O)C2[C@H](c3ccc(Cl)c(Cl)c3)C2(Cl)Cl)ccc1Cl)N(C)c1ccccc1. The van der Waals surface area contributed by atoms with Crippen molar-refractivity contribution in [1.29, 1.82) is 0 Å². The van der Waals surface area contributed by atoms with Crippen LogP contribution in [0.15, 0.2) is 66.7 Å². The maximum absolute atomic E-state index is 13.2. The van der Waals surface area contributed by atoms with Crippen LogP contribution in [0.3, 0.4) is 0 Å². The Morgan fingerprint density at radius 1 is 0.857 bits per heavy atom. The molecule has 1 aliphatic rings. The van der Waals surface area contributed by atoms with Gasteiger partial charge in [-0.25, -0.2) is 0 Å². The van der Waals surface area contributed by atoms with Gasteiger partial charge in [0.1, 0.15) is 4.33 Å². The van der Waals surface area contributed by atoms with E-state index in [4.69, 9.17) is 58.0 Å². The fraction of sp³-hybridized carbons (Fsp3) is 0.200. The fourth-order valence-electron chi connectivity index (χ4n) is 3.89. The Bertz CT molecular complexity index is 1290. The minimum Gasteiger partial charge on any atom is -0.326 e. The number of amides is 2. The second-order valence-electron chi connectivity index (χ2n) is 8.18. The minimum atomic E-state index is -1.30. The van der Waals surface area contributed by atoms with E-state index in [1.165, 1.54) is 11.1 Å². The number of carbonyl (C=O) groups excluding carboxylic acids is 2. The quantitative estimate of drug-likeness (QED) is 0.250. The third-order valence-corrected chi connectivity index (χ3v) is 7.99. The topological polar surface area (TPSA) is 52.7 Å². The van der Waals surface area contributed by atoms with Gasteiger partial charge < -0.3 is 5.32 Å². The van der Waals surface area contributed by atoms with Gasteiger partial charge in [-0.15, -0.1) is 23.2 Å². The number of hydrogen-bond donors (Lipinski definition) is 1. The van der Waals surface area contributed by atoms with Gasteiger partial charge in [0.25, 0.3) is 5.91 Å². The van der Waals surface area contributed by atoms with Crippen LogP contribution in [0.25, 0.3) is 0 Å². The highest BCUT2D eigenvalue weighted by Gasteiger charge is 2.67. The molecule has 0 radical (unpaired) electrons. The molecule has 0 aliphatic heterocycles. The molecule has 1 saturated carbocycles. The molecule has 4 rings (SSSR count). The lowest BCUT2D eigenvalue weighted by Crippen LogP contribution is -2.41. The molecule has 1 fully saturated rings. The van der Waals surface area contributed by atoms with E-state index in [1.54, 1.807) is 49.4 Å². The molecule has 182 valence electrons. The largest absolute Gasteiger partial charge is 0.326 e. The third kappa shape index (κ3) is 5.20. The zero-order chi connectivity index (χ0) is 25.5. The number of nitrogens with one attached hydrogen (secondary N) is 1. The summed E-state index contributed by atoms with van der Waals surface area (Å²) in [5.41, 5.74) is 2.16. The summed E-state index contributed by atoms with van der Waals surface area (Å²) in [5.74, 6) is -1.91. The van der Waals surface area contributed by atoms with Gasteiger partial charge in [-0.1, -0.05) is 59.1 Å². The zero-order valence-electron chi connectivity index (χ0n) is 18.6. The summed E-state index contributed by atoms with van der Waals surface area (Å²) < 4.78 is -1.30. The highest BCUT2D eigenvalue weighted by Crippen LogP contribution is 2.65. The number of benzene rings is 3. The Morgan fingerprint density at radius 3 is 2.17 bits per heavy atom. The van der Waals surface area contributed by atoms with Gasteiger partial charge in [-0.3, -0.25) is 19.6 Å². The molecule has 3 aromatic rings. The van der Waals surface area contributed by atoms with Crippen molar-refractivity contribution in [2.45, 2.75) is 10.3 Å². The molecule has 35 heavy (non-hydrogen) atoms. The second-order valence-corrected chi connectivity index (χ2v) is 10.8. The summed E-state index contributed by atoms with van der Waals surface area (Å²) in [6, 6.07) is 19.1. The molecule has 0 bridgehead atoms. The van der Waals surface area contributed by atoms with Crippen LogP contribution in [0.1, 0.15) is 21.8 Å². The van der Waals surface area contributed by atoms with Gasteiger partial charge in [0, 0.05) is 25.7 Å². The van der Waals surface area contributed by atoms with Crippen LogP contribution in [0.2, 0.25) is 15.1 Å². The number of rotatable bonds is 6. The van der Waals surface area contributed by atoms with Gasteiger partial charge in [0.2, 0.25) is 5.91 Å². The minimum absolute atomic E-state index is 0.231. The van der Waals surface area contributed by atoms with Crippen molar-refractivity contribution in [1.82, 2.24) is 5.01 Å². The highest BCUT2D eigenvalue weighted by atomic mass is 35.5. The number of halogens is 5. The first-order valence-electron chi connectivity index (χ1n) is 10.5. The van der Waals surface area contributed by atoms with Crippen molar-refractivity contribution < 1.29 is 9.59 Å². The molecule has 1 N–H and O–H groups in total. The van der Waals surface area contributed by atoms with Gasteiger partial charge in [-0.2, -0.15) is 0 Å². The van der Waals surface area contributed by atoms with Crippen molar-refractivity contribution in [2.75, 3.05) is 24.4 Å². The van der Waals surface area contributed by atoms with E-state index in [-0.39, 0.29) is 22.4 Å². The fourth-order valence-corrected chi connectivity index (χ4v) is 5.22. The molecule has 2 atom stereocenters. The summed E-state index contributed by atoms with van der Waals surface area (Å²) in [6.07, 6.45) is 0. The maximum atomic E-state index is 13.2. The summed E-state index contributed by atoms with van der Waals surface area (Å²) in [5, 5.41) is 6.94. The number of anilines is 2. The summed E-state index contributed by atoms with van der Waals surface area (Å²) in [6.45, 7) is 0. The zero-order valence-corrected chi connectivity index (χ0v) is 22.4. The van der Waals surface area contributed by atoms with E-state index in [0.717, 1.165) is 5.69 Å². The van der Waals surface area contributed by atoms with Gasteiger partial charge in [0.15, 0.2) is 0 Å². The number of carbonyl (C=O) groups is 2. The molecule has 3 aromatic carbocycles. The summed E-state index contributed by atoms with van der Waals surface area (Å²) in [4.78, 5) is 26.2. The Hall–Kier alpha value is -2.15.